The highest BCUT2D eigenvalue weighted by Gasteiger charge is 2.70. The maximum absolute atomic E-state index is 15.1. The van der Waals surface area contributed by atoms with Crippen molar-refractivity contribution in [3.05, 3.63) is 65.6 Å². The number of nitrogens with one attached hydrogen (secondary N) is 3. The van der Waals surface area contributed by atoms with E-state index in [0.717, 1.165) is 5.56 Å². The van der Waals surface area contributed by atoms with E-state index in [9.17, 15) is 27.3 Å². The first-order valence-corrected chi connectivity index (χ1v) is 24.3. The van der Waals surface area contributed by atoms with Gasteiger partial charge in [0.1, 0.15) is 58.0 Å². The fraction of sp³-hybridized carbons (Fsp3) is 0.583. The Balaban J connectivity index is 1.27. The summed E-state index contributed by atoms with van der Waals surface area (Å²) in [5.41, 5.74) is -2.00. The molecular weight excluding hydrogens is 872 g/mol. The summed E-state index contributed by atoms with van der Waals surface area (Å²) in [6.07, 6.45) is 3.75. The number of hydrogen-bond donors (Lipinski definition) is 3. The van der Waals surface area contributed by atoms with Gasteiger partial charge in [0.05, 0.1) is 36.5 Å². The predicted molar refractivity (Wildman–Crippen MR) is 247 cm³/mol. The highest BCUT2D eigenvalue weighted by Crippen LogP contribution is 2.53. The quantitative estimate of drug-likeness (QED) is 0.116. The van der Waals surface area contributed by atoms with Crippen LogP contribution in [0.2, 0.25) is 0 Å². The summed E-state index contributed by atoms with van der Waals surface area (Å²) in [5, 5.41) is 9.90. The summed E-state index contributed by atoms with van der Waals surface area (Å²) < 4.78 is 65.7. The van der Waals surface area contributed by atoms with Gasteiger partial charge >= 0.3 is 6.09 Å². The van der Waals surface area contributed by atoms with Crippen molar-refractivity contribution in [2.24, 2.45) is 17.0 Å². The van der Waals surface area contributed by atoms with Crippen LogP contribution in [0.25, 0.3) is 22.2 Å². The van der Waals surface area contributed by atoms with Gasteiger partial charge in [0.15, 0.2) is 0 Å². The molecule has 7 rings (SSSR count). The Bertz CT molecular complexity index is 2460. The fourth-order valence-electron chi connectivity index (χ4n) is 9.19. The third kappa shape index (κ3) is 10.3. The van der Waals surface area contributed by atoms with Gasteiger partial charge in [-0.05, 0) is 115 Å². The number of pyridine rings is 1. The van der Waals surface area contributed by atoms with E-state index in [1.807, 2.05) is 58.0 Å². The second kappa shape index (κ2) is 18.7. The van der Waals surface area contributed by atoms with Gasteiger partial charge in [0, 0.05) is 42.5 Å². The zero-order chi connectivity index (χ0) is 47.8. The fourth-order valence-corrected chi connectivity index (χ4v) is 10.7. The van der Waals surface area contributed by atoms with Crippen LogP contribution >= 0.6 is 0 Å². The highest BCUT2D eigenvalue weighted by molar-refractivity contribution is 7.91. The molecule has 0 bridgehead atoms. The molecule has 2 aromatic carbocycles. The normalized spacial score (nSPS) is 28.2. The molecule has 1 saturated heterocycles. The lowest BCUT2D eigenvalue weighted by Gasteiger charge is -2.33. The van der Waals surface area contributed by atoms with Crippen molar-refractivity contribution in [3.63, 3.8) is 0 Å². The lowest BCUT2D eigenvalue weighted by molar-refractivity contribution is -0.141. The molecule has 3 N–H and O–H groups in total. The van der Waals surface area contributed by atoms with Gasteiger partial charge in [0.25, 0.3) is 0 Å². The van der Waals surface area contributed by atoms with Crippen molar-refractivity contribution < 1.29 is 46.1 Å². The standard InChI is InChI=1S/C48H63FN6O10S/c1-29(2)63-33-14-12-32(13-15-33)37-24-40(36-17-16-34(62-8)22-38(36)51-37)64-35-23-39-42(56)53-48(28-50-66(60,61)46(27-49)19-20-46)26-47(48,54-59)18-10-9-11-30(3)21-31(4)41(43(57)55(39)25-35)52-44(58)65-45(5,6)7/h10,12-18,22,24,29-31,35,39,41,50H,9,11,19-21,23,25-28H2,1-8H3,(H,52,58)(H,53,56)/b18-10-/t30?,31-,35-,39?,41+,47+,48+/m1/s1. The number of amides is 3. The lowest BCUT2D eigenvalue weighted by Crippen LogP contribution is -2.59. The lowest BCUT2D eigenvalue weighted by atomic mass is 9.88. The van der Waals surface area contributed by atoms with E-state index in [4.69, 9.17) is 23.9 Å². The van der Waals surface area contributed by atoms with E-state index in [1.165, 1.54) is 4.90 Å². The van der Waals surface area contributed by atoms with E-state index in [2.05, 4.69) is 20.5 Å². The Morgan fingerprint density at radius 2 is 1.77 bits per heavy atom. The highest BCUT2D eigenvalue weighted by atomic mass is 32.2. The Morgan fingerprint density at radius 3 is 2.41 bits per heavy atom. The summed E-state index contributed by atoms with van der Waals surface area (Å²) in [6.45, 7) is 11.4. The van der Waals surface area contributed by atoms with E-state index < -0.39 is 86.7 Å². The monoisotopic (exact) mass is 934 g/mol. The van der Waals surface area contributed by atoms with E-state index in [-0.39, 0.29) is 44.2 Å². The smallest absolute Gasteiger partial charge is 0.408 e. The Hall–Kier alpha value is -5.36. The van der Waals surface area contributed by atoms with E-state index in [1.54, 1.807) is 58.2 Å². The molecule has 3 amide bonds. The van der Waals surface area contributed by atoms with Crippen molar-refractivity contribution >= 4 is 38.8 Å². The maximum atomic E-state index is 15.1. The molecule has 66 heavy (non-hydrogen) atoms. The average molecular weight is 935 g/mol. The Labute approximate surface area is 386 Å². The van der Waals surface area contributed by atoms with Crippen LogP contribution in [0.5, 0.6) is 17.2 Å². The number of halogens is 1. The largest absolute Gasteiger partial charge is 0.497 e. The topological polar surface area (TPSA) is 204 Å². The summed E-state index contributed by atoms with van der Waals surface area (Å²) in [4.78, 5) is 62.6. The van der Waals surface area contributed by atoms with Crippen LogP contribution in [0.15, 0.2) is 65.9 Å². The second-order valence-electron chi connectivity index (χ2n) is 19.9. The number of sulfonamides is 1. The van der Waals surface area contributed by atoms with Crippen LogP contribution < -0.4 is 29.6 Å². The van der Waals surface area contributed by atoms with Gasteiger partial charge in [-0.15, -0.1) is 4.91 Å². The number of aromatic nitrogens is 1. The molecule has 2 aliphatic heterocycles. The number of carbonyl (C=O) groups is 3. The number of methoxy groups -OCH3 is 1. The third-order valence-electron chi connectivity index (χ3n) is 13.1. The van der Waals surface area contributed by atoms with Crippen LogP contribution in [-0.4, -0.2) is 109 Å². The van der Waals surface area contributed by atoms with Crippen molar-refractivity contribution in [3.8, 4) is 28.5 Å². The summed E-state index contributed by atoms with van der Waals surface area (Å²) >= 11 is 0. The molecule has 18 heteroatoms. The first-order chi connectivity index (χ1) is 31.1. The minimum atomic E-state index is -4.20. The SMILES string of the molecule is COc1ccc2c(O[C@@H]3CC4C(=O)N[C@]5(CNS(=O)(=O)C6(CF)CC6)C[C@@]5(N=O)/C=C\CCC(C)C[C@@H](C)[C@H](NC(=O)OC(C)(C)C)C(=O)N4C3)cc(-c3ccc(OC(C)C)cc3)nc2c1. The minimum absolute atomic E-state index is 0.0159. The molecular formula is C48H63FN6O10S. The van der Waals surface area contributed by atoms with Crippen molar-refractivity contribution in [1.82, 2.24) is 25.2 Å². The van der Waals surface area contributed by atoms with Crippen molar-refractivity contribution in [1.29, 1.82) is 0 Å². The second-order valence-corrected chi connectivity index (χ2v) is 22.0. The number of ether oxygens (including phenoxy) is 4. The molecule has 3 aromatic rings. The third-order valence-corrected chi connectivity index (χ3v) is 15.3. The summed E-state index contributed by atoms with van der Waals surface area (Å²) in [6, 6.07) is 12.4. The number of nitroso groups, excluding NO2 is 1. The molecule has 1 aromatic heterocycles. The number of allylic oxidation sites excluding steroid dienone is 1. The predicted octanol–water partition coefficient (Wildman–Crippen LogP) is 7.14. The van der Waals surface area contributed by atoms with Gasteiger partial charge in [-0.2, -0.15) is 0 Å². The average Bonchev–Trinajstić information content (AvgIpc) is 4.14. The van der Waals surface area contributed by atoms with Gasteiger partial charge in [-0.25, -0.2) is 27.3 Å². The number of rotatable bonds is 13. The van der Waals surface area contributed by atoms with Crippen molar-refractivity contribution in [2.75, 3.05) is 26.9 Å². The molecule has 3 heterocycles. The van der Waals surface area contributed by atoms with Gasteiger partial charge < -0.3 is 34.5 Å². The number of hydrogen-bond acceptors (Lipinski definition) is 12. The van der Waals surface area contributed by atoms with Gasteiger partial charge in [0.2, 0.25) is 21.8 Å². The molecule has 0 spiro atoms. The maximum Gasteiger partial charge on any atom is 0.408 e. The van der Waals surface area contributed by atoms with Crippen LogP contribution in [0.1, 0.15) is 93.4 Å². The number of carbonyl (C=O) groups excluding carboxylic acids is 3. The molecule has 7 atom stereocenters. The molecule has 2 saturated carbocycles. The number of nitrogens with zero attached hydrogens (tertiary/aromatic N) is 3. The Kier molecular flexibility index (Phi) is 13.8. The zero-order valence-electron chi connectivity index (χ0n) is 39.0. The summed E-state index contributed by atoms with van der Waals surface area (Å²) in [7, 11) is -2.64. The van der Waals surface area contributed by atoms with Crippen molar-refractivity contribution in [2.45, 2.75) is 139 Å². The van der Waals surface area contributed by atoms with E-state index in [0.29, 0.717) is 53.1 Å². The van der Waals surface area contributed by atoms with E-state index >= 15 is 4.79 Å². The number of benzene rings is 2. The summed E-state index contributed by atoms with van der Waals surface area (Å²) in [5.74, 6) is 0.104. The van der Waals surface area contributed by atoms with Crippen LogP contribution in [0.4, 0.5) is 9.18 Å². The first kappa shape index (κ1) is 48.6. The van der Waals surface area contributed by atoms with Crippen LogP contribution in [-0.2, 0) is 24.3 Å². The molecule has 16 nitrogen and oxygen atoms in total. The molecule has 3 fully saturated rings. The number of alkyl carbamates (subject to hydrolysis) is 1. The molecule has 2 unspecified atom stereocenters. The Morgan fingerprint density at radius 1 is 1.06 bits per heavy atom. The first-order valence-electron chi connectivity index (χ1n) is 22.8. The van der Waals surface area contributed by atoms with Crippen LogP contribution in [0, 0.1) is 16.7 Å². The van der Waals surface area contributed by atoms with Crippen LogP contribution in [0.3, 0.4) is 0 Å². The molecule has 4 aliphatic rings. The minimum Gasteiger partial charge on any atom is -0.497 e. The molecule has 0 radical (unpaired) electrons. The molecule has 358 valence electrons. The molecule has 2 aliphatic carbocycles. The van der Waals surface area contributed by atoms with Gasteiger partial charge in [-0.1, -0.05) is 31.2 Å². The number of alkyl halides is 1. The number of fused-ring (bicyclic) bond motifs is 3. The van der Waals surface area contributed by atoms with Gasteiger partial charge in [-0.3, -0.25) is 9.59 Å². The zero-order valence-corrected chi connectivity index (χ0v) is 39.8.